The standard InChI is InChI=1S/C17H17N7OS/c1-3-11-4-6-12(7-5-11)13-8-24-14(9-26-17(24)19-13)16(25)18-10(2)15-20-22-23-21-15/h4-10H,3H2,1-2H3,(H,18,25)(H,20,21,22,23)/t10-/m0/s1. The number of aromatic amines is 1. The first-order valence-corrected chi connectivity index (χ1v) is 9.13. The van der Waals surface area contributed by atoms with Crippen molar-refractivity contribution in [1.82, 2.24) is 35.3 Å². The SMILES string of the molecule is CCc1ccc(-c2cn3c(C(=O)N[C@@H](C)c4nn[nH]n4)csc3n2)cc1. The molecule has 2 N–H and O–H groups in total. The maximum Gasteiger partial charge on any atom is 0.269 e. The Bertz CT molecular complexity index is 1030. The number of imidazole rings is 1. The van der Waals surface area contributed by atoms with Crippen molar-refractivity contribution in [2.45, 2.75) is 26.3 Å². The van der Waals surface area contributed by atoms with Gasteiger partial charge < -0.3 is 5.32 Å². The van der Waals surface area contributed by atoms with Crippen LogP contribution < -0.4 is 5.32 Å². The molecule has 0 aliphatic carbocycles. The normalized spacial score (nSPS) is 12.4. The summed E-state index contributed by atoms with van der Waals surface area (Å²) in [6, 6.07) is 7.97. The molecule has 1 amide bonds. The monoisotopic (exact) mass is 367 g/mol. The van der Waals surface area contributed by atoms with Crippen molar-refractivity contribution in [2.24, 2.45) is 0 Å². The summed E-state index contributed by atoms with van der Waals surface area (Å²) in [5.41, 5.74) is 3.69. The summed E-state index contributed by atoms with van der Waals surface area (Å²) in [6.45, 7) is 3.93. The molecule has 9 heteroatoms. The third kappa shape index (κ3) is 2.97. The van der Waals surface area contributed by atoms with Crippen LogP contribution in [0.1, 0.15) is 41.8 Å². The Balaban J connectivity index is 1.60. The first-order valence-electron chi connectivity index (χ1n) is 8.26. The molecule has 0 fully saturated rings. The van der Waals surface area contributed by atoms with Gasteiger partial charge in [-0.3, -0.25) is 9.20 Å². The number of benzene rings is 1. The fraction of sp³-hybridized carbons (Fsp3) is 0.235. The predicted octanol–water partition coefficient (Wildman–Crippen LogP) is 2.63. The van der Waals surface area contributed by atoms with E-state index in [9.17, 15) is 4.79 Å². The number of rotatable bonds is 5. The molecule has 0 aliphatic heterocycles. The summed E-state index contributed by atoms with van der Waals surface area (Å²) < 4.78 is 1.81. The third-order valence-corrected chi connectivity index (χ3v) is 5.04. The van der Waals surface area contributed by atoms with E-state index < -0.39 is 0 Å². The Morgan fingerprint density at radius 3 is 2.85 bits per heavy atom. The number of fused-ring (bicyclic) bond motifs is 1. The molecule has 132 valence electrons. The zero-order chi connectivity index (χ0) is 18.1. The van der Waals surface area contributed by atoms with Gasteiger partial charge in [0, 0.05) is 17.1 Å². The number of hydrogen-bond acceptors (Lipinski definition) is 6. The van der Waals surface area contributed by atoms with Crippen LogP contribution >= 0.6 is 11.3 Å². The van der Waals surface area contributed by atoms with Crippen molar-refractivity contribution in [3.05, 3.63) is 52.9 Å². The second kappa shape index (κ2) is 6.68. The van der Waals surface area contributed by atoms with Gasteiger partial charge in [-0.05, 0) is 18.9 Å². The molecule has 1 atom stereocenters. The molecule has 0 saturated carbocycles. The van der Waals surface area contributed by atoms with Crippen molar-refractivity contribution in [3.8, 4) is 11.3 Å². The Morgan fingerprint density at radius 1 is 1.35 bits per heavy atom. The van der Waals surface area contributed by atoms with Crippen molar-refractivity contribution >= 4 is 22.2 Å². The number of carbonyl (C=O) groups excluding carboxylic acids is 1. The summed E-state index contributed by atoms with van der Waals surface area (Å²) in [7, 11) is 0. The average molecular weight is 367 g/mol. The molecule has 8 nitrogen and oxygen atoms in total. The van der Waals surface area contributed by atoms with E-state index >= 15 is 0 Å². The molecular formula is C17H17N7OS. The van der Waals surface area contributed by atoms with Crippen LogP contribution in [0.15, 0.2) is 35.8 Å². The van der Waals surface area contributed by atoms with E-state index in [0.717, 1.165) is 22.6 Å². The molecule has 3 aromatic heterocycles. The molecule has 0 unspecified atom stereocenters. The number of hydrogen-bond donors (Lipinski definition) is 2. The number of amides is 1. The molecule has 26 heavy (non-hydrogen) atoms. The molecule has 4 rings (SSSR count). The number of aryl methyl sites for hydroxylation is 1. The van der Waals surface area contributed by atoms with E-state index in [1.807, 2.05) is 10.6 Å². The van der Waals surface area contributed by atoms with Gasteiger partial charge in [0.1, 0.15) is 5.69 Å². The number of tetrazole rings is 1. The topological polar surface area (TPSA) is 101 Å². The van der Waals surface area contributed by atoms with Crippen molar-refractivity contribution in [1.29, 1.82) is 0 Å². The predicted molar refractivity (Wildman–Crippen MR) is 97.9 cm³/mol. The molecule has 1 aromatic carbocycles. The highest BCUT2D eigenvalue weighted by Crippen LogP contribution is 2.24. The summed E-state index contributed by atoms with van der Waals surface area (Å²) >= 11 is 1.43. The molecule has 0 aliphatic rings. The number of nitrogens with one attached hydrogen (secondary N) is 2. The number of aromatic nitrogens is 6. The second-order valence-corrected chi connectivity index (χ2v) is 6.75. The fourth-order valence-corrected chi connectivity index (χ4v) is 3.54. The molecule has 0 saturated heterocycles. The molecule has 3 heterocycles. The van der Waals surface area contributed by atoms with Gasteiger partial charge in [-0.15, -0.1) is 21.5 Å². The summed E-state index contributed by atoms with van der Waals surface area (Å²) in [6.07, 6.45) is 2.89. The van der Waals surface area contributed by atoms with Crippen LogP contribution in [-0.2, 0) is 6.42 Å². The lowest BCUT2D eigenvalue weighted by molar-refractivity contribution is 0.0932. The van der Waals surface area contributed by atoms with Crippen LogP contribution in [0.25, 0.3) is 16.2 Å². The lowest BCUT2D eigenvalue weighted by Gasteiger charge is -2.09. The van der Waals surface area contributed by atoms with Crippen LogP contribution in [0.5, 0.6) is 0 Å². The number of thiazole rings is 1. The van der Waals surface area contributed by atoms with Crippen LogP contribution in [0.3, 0.4) is 0 Å². The van der Waals surface area contributed by atoms with Crippen molar-refractivity contribution in [3.63, 3.8) is 0 Å². The minimum atomic E-state index is -0.346. The molecule has 0 radical (unpaired) electrons. The number of nitrogens with zero attached hydrogens (tertiary/aromatic N) is 5. The van der Waals surface area contributed by atoms with Gasteiger partial charge in [-0.25, -0.2) is 4.98 Å². The minimum Gasteiger partial charge on any atom is -0.341 e. The Kier molecular flexibility index (Phi) is 4.21. The van der Waals surface area contributed by atoms with E-state index in [1.54, 1.807) is 12.3 Å². The largest absolute Gasteiger partial charge is 0.341 e. The van der Waals surface area contributed by atoms with E-state index in [0.29, 0.717) is 11.5 Å². The van der Waals surface area contributed by atoms with Gasteiger partial charge in [0.05, 0.1) is 11.7 Å². The first kappa shape index (κ1) is 16.4. The van der Waals surface area contributed by atoms with Crippen LogP contribution in [-0.4, -0.2) is 35.9 Å². The highest BCUT2D eigenvalue weighted by molar-refractivity contribution is 7.15. The highest BCUT2D eigenvalue weighted by Gasteiger charge is 2.19. The highest BCUT2D eigenvalue weighted by atomic mass is 32.1. The summed E-state index contributed by atoms with van der Waals surface area (Å²) in [5.74, 6) is 0.228. The Hall–Kier alpha value is -3.07. The zero-order valence-corrected chi connectivity index (χ0v) is 15.1. The lowest BCUT2D eigenvalue weighted by Crippen LogP contribution is -2.28. The van der Waals surface area contributed by atoms with Gasteiger partial charge in [-0.2, -0.15) is 5.21 Å². The quantitative estimate of drug-likeness (QED) is 0.565. The van der Waals surface area contributed by atoms with E-state index in [2.05, 4.69) is 62.1 Å². The van der Waals surface area contributed by atoms with Gasteiger partial charge in [0.15, 0.2) is 10.8 Å². The number of H-pyrrole nitrogens is 1. The Labute approximate surface area is 153 Å². The third-order valence-electron chi connectivity index (χ3n) is 4.20. The van der Waals surface area contributed by atoms with E-state index in [4.69, 9.17) is 0 Å². The van der Waals surface area contributed by atoms with Gasteiger partial charge in [0.25, 0.3) is 5.91 Å². The lowest BCUT2D eigenvalue weighted by atomic mass is 10.1. The summed E-state index contributed by atoms with van der Waals surface area (Å²) in [5, 5.41) is 18.4. The molecular weight excluding hydrogens is 350 g/mol. The molecule has 0 spiro atoms. The second-order valence-electron chi connectivity index (χ2n) is 5.92. The van der Waals surface area contributed by atoms with Gasteiger partial charge in [0.2, 0.25) is 0 Å². The average Bonchev–Trinajstić information content (AvgIpc) is 3.38. The minimum absolute atomic E-state index is 0.209. The number of carbonyl (C=O) groups is 1. The van der Waals surface area contributed by atoms with Crippen LogP contribution in [0, 0.1) is 0 Å². The van der Waals surface area contributed by atoms with Gasteiger partial charge >= 0.3 is 0 Å². The summed E-state index contributed by atoms with van der Waals surface area (Å²) in [4.78, 5) is 18.0. The van der Waals surface area contributed by atoms with Crippen LogP contribution in [0.2, 0.25) is 0 Å². The fourth-order valence-electron chi connectivity index (χ4n) is 2.69. The van der Waals surface area contributed by atoms with Crippen molar-refractivity contribution in [2.75, 3.05) is 0 Å². The first-order chi connectivity index (χ1) is 12.7. The maximum atomic E-state index is 12.6. The van der Waals surface area contributed by atoms with Crippen molar-refractivity contribution < 1.29 is 4.79 Å². The smallest absolute Gasteiger partial charge is 0.269 e. The zero-order valence-electron chi connectivity index (χ0n) is 14.3. The molecule has 0 bridgehead atoms. The molecule has 4 aromatic rings. The van der Waals surface area contributed by atoms with Gasteiger partial charge in [-0.1, -0.05) is 36.4 Å². The van der Waals surface area contributed by atoms with E-state index in [1.165, 1.54) is 16.9 Å². The Morgan fingerprint density at radius 2 is 2.15 bits per heavy atom. The maximum absolute atomic E-state index is 12.6. The van der Waals surface area contributed by atoms with Crippen LogP contribution in [0.4, 0.5) is 0 Å². The van der Waals surface area contributed by atoms with E-state index in [-0.39, 0.29) is 11.9 Å².